The van der Waals surface area contributed by atoms with Crippen molar-refractivity contribution >= 4 is 7.82 Å². The van der Waals surface area contributed by atoms with Crippen LogP contribution in [0.2, 0.25) is 0 Å². The van der Waals surface area contributed by atoms with E-state index in [1.54, 1.807) is 0 Å². The summed E-state index contributed by atoms with van der Waals surface area (Å²) in [5, 5.41) is 0. The summed E-state index contributed by atoms with van der Waals surface area (Å²) >= 11 is 0. The molecule has 6 heteroatoms. The summed E-state index contributed by atoms with van der Waals surface area (Å²) in [6.07, 6.45) is 0. The first-order valence-corrected chi connectivity index (χ1v) is 2.19. The van der Waals surface area contributed by atoms with Gasteiger partial charge in [0, 0.05) is 21.1 Å². The van der Waals surface area contributed by atoms with Crippen LogP contribution in [0.15, 0.2) is 0 Å². The fourth-order valence-corrected chi connectivity index (χ4v) is 0. The molecule has 0 fully saturated rings. The topological polar surface area (TPSA) is 86.2 Å². The molecule has 0 unspecified atom stereocenters. The molecule has 0 spiro atoms. The summed E-state index contributed by atoms with van der Waals surface area (Å²) < 4.78 is 8.55. The molecule has 0 aliphatic rings. The number of rotatable bonds is 0. The molecule has 0 aliphatic heterocycles. The van der Waals surface area contributed by atoms with Gasteiger partial charge in [0.1, 0.15) is 0 Å². The van der Waals surface area contributed by atoms with Crippen LogP contribution in [0.1, 0.15) is 0 Å². The smallest absolute Gasteiger partial charge is 0 e. The second kappa shape index (κ2) is 2.89. The van der Waals surface area contributed by atoms with E-state index in [0.717, 1.165) is 0 Å². The van der Waals surface area contributed by atoms with Crippen LogP contribution in [0.25, 0.3) is 0 Å². The third-order valence-corrected chi connectivity index (χ3v) is 0. The van der Waals surface area contributed by atoms with Crippen LogP contribution in [0.4, 0.5) is 0 Å². The molecule has 0 aromatic rings. The van der Waals surface area contributed by atoms with Gasteiger partial charge in [-0.25, -0.2) is 0 Å². The average molecular weight is 191 g/mol. The van der Waals surface area contributed by atoms with Crippen LogP contribution in [0, 0.1) is 0 Å². The van der Waals surface area contributed by atoms with Crippen molar-refractivity contribution in [1.29, 1.82) is 0 Å². The first kappa shape index (κ1) is 9.93. The van der Waals surface area contributed by atoms with Gasteiger partial charge in [-0.1, -0.05) is 0 Å². The van der Waals surface area contributed by atoms with Gasteiger partial charge < -0.3 is 19.2 Å². The van der Waals surface area contributed by atoms with E-state index in [1.807, 2.05) is 0 Å². The van der Waals surface area contributed by atoms with E-state index in [0.29, 0.717) is 0 Å². The Balaban J connectivity index is 0. The van der Waals surface area contributed by atoms with Gasteiger partial charge in [-0.05, 0) is 0 Å². The van der Waals surface area contributed by atoms with Gasteiger partial charge in [0.2, 0.25) is 0 Å². The van der Waals surface area contributed by atoms with Crippen LogP contribution in [-0.2, 0) is 25.6 Å². The normalized spacial score (nSPS) is 9.83. The van der Waals surface area contributed by atoms with E-state index in [2.05, 4.69) is 0 Å². The molecule has 0 bridgehead atoms. The monoisotopic (exact) mass is 193 g/mol. The average Bonchev–Trinajstić information content (AvgIpc) is 0.722. The summed E-state index contributed by atoms with van der Waals surface area (Å²) in [6.45, 7) is 0. The van der Waals surface area contributed by atoms with Crippen molar-refractivity contribution in [2.45, 2.75) is 0 Å². The van der Waals surface area contributed by atoms with E-state index in [9.17, 15) is 0 Å². The molecule has 0 aromatic heterocycles. The SMILES string of the molecule is O=P([O-])([O-])[O-].[Mo]. The minimum absolute atomic E-state index is 0. The first-order valence-electron chi connectivity index (χ1n) is 0.730. The van der Waals surface area contributed by atoms with Gasteiger partial charge in [0.25, 0.3) is 0 Å². The first-order chi connectivity index (χ1) is 2.00. The Labute approximate surface area is 48.7 Å². The minimum atomic E-state index is -5.39. The maximum atomic E-state index is 8.55. The Morgan fingerprint density at radius 2 is 1.17 bits per heavy atom. The van der Waals surface area contributed by atoms with Gasteiger partial charge in [-0.3, -0.25) is 0 Å². The maximum absolute atomic E-state index is 8.55. The number of hydrogen-bond acceptors (Lipinski definition) is 4. The number of phosphoric acid groups is 1. The van der Waals surface area contributed by atoms with Crippen molar-refractivity contribution in [3.63, 3.8) is 0 Å². The molecule has 4 nitrogen and oxygen atoms in total. The fraction of sp³-hybridized carbons (Fsp3) is 0. The zero-order valence-electron chi connectivity index (χ0n) is 2.49. The van der Waals surface area contributed by atoms with E-state index >= 15 is 0 Å². The van der Waals surface area contributed by atoms with Crippen molar-refractivity contribution in [2.75, 3.05) is 0 Å². The third-order valence-electron chi connectivity index (χ3n) is 0. The van der Waals surface area contributed by atoms with Gasteiger partial charge in [0.15, 0.2) is 0 Å². The third kappa shape index (κ3) is 109. The molecule has 0 amide bonds. The largest absolute Gasteiger partial charge is 0.822 e. The van der Waals surface area contributed by atoms with Gasteiger partial charge in [-0.15, -0.1) is 0 Å². The maximum Gasteiger partial charge on any atom is 0 e. The zero-order valence-corrected chi connectivity index (χ0v) is 5.39. The van der Waals surface area contributed by atoms with Crippen molar-refractivity contribution in [3.8, 4) is 0 Å². The molecule has 38 valence electrons. The van der Waals surface area contributed by atoms with Crippen molar-refractivity contribution < 1.29 is 40.3 Å². The van der Waals surface area contributed by atoms with E-state index < -0.39 is 7.82 Å². The minimum Gasteiger partial charge on any atom is -0.822 e. The van der Waals surface area contributed by atoms with Crippen molar-refractivity contribution in [1.82, 2.24) is 0 Å². The molecule has 0 atom stereocenters. The van der Waals surface area contributed by atoms with E-state index in [-0.39, 0.29) is 21.1 Å². The quantitative estimate of drug-likeness (QED) is 0.305. The molecule has 6 heavy (non-hydrogen) atoms. The Morgan fingerprint density at radius 1 is 1.17 bits per heavy atom. The fourth-order valence-electron chi connectivity index (χ4n) is 0. The summed E-state index contributed by atoms with van der Waals surface area (Å²) in [5.41, 5.74) is 0. The molecular weight excluding hydrogens is 191 g/mol. The molecule has 0 radical (unpaired) electrons. The van der Waals surface area contributed by atoms with Crippen LogP contribution in [0.3, 0.4) is 0 Å². The molecule has 0 heterocycles. The Morgan fingerprint density at radius 3 is 1.17 bits per heavy atom. The Kier molecular flexibility index (Phi) is 4.78. The standard InChI is InChI=1S/Mo.H3O4P/c;1-5(2,3)4/h;(H3,1,2,3,4)/p-3. The summed E-state index contributed by atoms with van der Waals surface area (Å²) in [6, 6.07) is 0. The Bertz CT molecular complexity index is 53.7. The molecular formula is MoO4P-3. The van der Waals surface area contributed by atoms with Crippen molar-refractivity contribution in [2.24, 2.45) is 0 Å². The second-order valence-corrected chi connectivity index (χ2v) is 1.34. The molecule has 0 saturated heterocycles. The predicted molar refractivity (Wildman–Crippen MR) is 7.61 cm³/mol. The molecule has 0 rings (SSSR count). The van der Waals surface area contributed by atoms with Crippen LogP contribution >= 0.6 is 7.82 Å². The van der Waals surface area contributed by atoms with Gasteiger partial charge >= 0.3 is 0 Å². The van der Waals surface area contributed by atoms with Crippen LogP contribution in [0.5, 0.6) is 0 Å². The van der Waals surface area contributed by atoms with E-state index in [1.165, 1.54) is 0 Å². The summed E-state index contributed by atoms with van der Waals surface area (Å²) in [5.74, 6) is 0. The second-order valence-electron chi connectivity index (χ2n) is 0.447. The van der Waals surface area contributed by atoms with Crippen LogP contribution < -0.4 is 14.7 Å². The Hall–Kier alpha value is 0.798. The zero-order chi connectivity index (χ0) is 4.50. The van der Waals surface area contributed by atoms with E-state index in [4.69, 9.17) is 19.2 Å². The van der Waals surface area contributed by atoms with Crippen molar-refractivity contribution in [3.05, 3.63) is 0 Å². The molecule has 0 saturated carbocycles. The summed E-state index contributed by atoms with van der Waals surface area (Å²) in [4.78, 5) is 25.6. The number of hydrogen-bond donors (Lipinski definition) is 0. The molecule has 0 aromatic carbocycles. The van der Waals surface area contributed by atoms with Crippen LogP contribution in [-0.4, -0.2) is 0 Å². The van der Waals surface area contributed by atoms with Gasteiger partial charge in [-0.2, -0.15) is 7.82 Å². The summed E-state index contributed by atoms with van der Waals surface area (Å²) in [7, 11) is -5.39. The molecule has 0 aliphatic carbocycles. The predicted octanol–water partition coefficient (Wildman–Crippen LogP) is -2.83. The van der Waals surface area contributed by atoms with Gasteiger partial charge in [0.05, 0.1) is 0 Å². The molecule has 0 N–H and O–H groups in total.